The Labute approximate surface area is 123 Å². The lowest BCUT2D eigenvalue weighted by atomic mass is 10.0. The molecule has 1 saturated heterocycles. The first-order chi connectivity index (χ1) is 8.58. The van der Waals surface area contributed by atoms with Crippen LogP contribution >= 0.6 is 27.5 Å². The Kier molecular flexibility index (Phi) is 5.07. The Morgan fingerprint density at radius 2 is 2.33 bits per heavy atom. The van der Waals surface area contributed by atoms with E-state index in [-0.39, 0.29) is 6.04 Å². The molecule has 2 rings (SSSR count). The van der Waals surface area contributed by atoms with Gasteiger partial charge in [-0.15, -0.1) is 0 Å². The molecule has 4 heteroatoms. The fourth-order valence-electron chi connectivity index (χ4n) is 2.59. The minimum atomic E-state index is 0.0263. The highest BCUT2D eigenvalue weighted by Crippen LogP contribution is 2.27. The molecule has 0 radical (unpaired) electrons. The van der Waals surface area contributed by atoms with Crippen LogP contribution in [-0.4, -0.2) is 24.0 Å². The predicted molar refractivity (Wildman–Crippen MR) is 81.0 cm³/mol. The van der Waals surface area contributed by atoms with Crippen LogP contribution in [0.5, 0.6) is 0 Å². The minimum absolute atomic E-state index is 0.0263. The summed E-state index contributed by atoms with van der Waals surface area (Å²) in [7, 11) is 0. The highest BCUT2D eigenvalue weighted by Gasteiger charge is 2.21. The smallest absolute Gasteiger partial charge is 0.0464 e. The Morgan fingerprint density at radius 3 is 2.94 bits per heavy atom. The molecule has 1 aliphatic rings. The number of hydrogen-bond donors (Lipinski definition) is 1. The summed E-state index contributed by atoms with van der Waals surface area (Å²) in [5, 5.41) is 0.756. The molecule has 2 nitrogen and oxygen atoms in total. The quantitative estimate of drug-likeness (QED) is 0.904. The van der Waals surface area contributed by atoms with E-state index < -0.39 is 0 Å². The molecule has 1 fully saturated rings. The Morgan fingerprint density at radius 1 is 1.56 bits per heavy atom. The number of benzene rings is 1. The Bertz CT molecular complexity index is 411. The number of rotatable bonds is 4. The van der Waals surface area contributed by atoms with Crippen molar-refractivity contribution >= 4 is 27.5 Å². The summed E-state index contributed by atoms with van der Waals surface area (Å²) in [6.07, 6.45) is 3.59. The fourth-order valence-corrected chi connectivity index (χ4v) is 3.40. The van der Waals surface area contributed by atoms with Crippen molar-refractivity contribution in [2.75, 3.05) is 13.1 Å². The molecule has 0 spiro atoms. The molecule has 0 aliphatic carbocycles. The second-order valence-corrected chi connectivity index (χ2v) is 6.41. The first-order valence-corrected chi connectivity index (χ1v) is 7.69. The van der Waals surface area contributed by atoms with Gasteiger partial charge in [0.1, 0.15) is 0 Å². The van der Waals surface area contributed by atoms with Crippen molar-refractivity contribution in [2.24, 2.45) is 5.73 Å². The maximum Gasteiger partial charge on any atom is 0.0464 e. The molecule has 0 bridgehead atoms. The highest BCUT2D eigenvalue weighted by molar-refractivity contribution is 9.10. The van der Waals surface area contributed by atoms with E-state index in [0.717, 1.165) is 28.0 Å². The molecule has 1 aliphatic heterocycles. The van der Waals surface area contributed by atoms with Crippen LogP contribution in [0.15, 0.2) is 22.7 Å². The van der Waals surface area contributed by atoms with E-state index in [4.69, 9.17) is 17.3 Å². The molecule has 18 heavy (non-hydrogen) atoms. The molecule has 0 saturated carbocycles. The van der Waals surface area contributed by atoms with Crippen molar-refractivity contribution in [3.05, 3.63) is 33.3 Å². The summed E-state index contributed by atoms with van der Waals surface area (Å²) in [4.78, 5) is 2.52. The van der Waals surface area contributed by atoms with Crippen molar-refractivity contribution in [2.45, 2.75) is 38.3 Å². The average molecular weight is 332 g/mol. The monoisotopic (exact) mass is 330 g/mol. The maximum atomic E-state index is 6.24. The zero-order valence-corrected chi connectivity index (χ0v) is 13.0. The third-order valence-electron chi connectivity index (χ3n) is 3.78. The van der Waals surface area contributed by atoms with E-state index >= 15 is 0 Å². The van der Waals surface area contributed by atoms with Crippen LogP contribution in [0.2, 0.25) is 5.02 Å². The molecule has 2 atom stereocenters. The first-order valence-electron chi connectivity index (χ1n) is 6.52. The summed E-state index contributed by atoms with van der Waals surface area (Å²) in [6.45, 7) is 4.57. The van der Waals surface area contributed by atoms with Gasteiger partial charge in [-0.3, -0.25) is 0 Å². The molecular weight excluding hydrogens is 312 g/mol. The van der Waals surface area contributed by atoms with Gasteiger partial charge in [0, 0.05) is 28.1 Å². The molecule has 1 aromatic rings. The summed E-state index contributed by atoms with van der Waals surface area (Å²) in [5.74, 6) is 0. The fraction of sp³-hybridized carbons (Fsp3) is 0.571. The van der Waals surface area contributed by atoms with Crippen molar-refractivity contribution in [1.29, 1.82) is 0 Å². The van der Waals surface area contributed by atoms with Crippen LogP contribution in [0.25, 0.3) is 0 Å². The standard InChI is InChI=1S/C14H20BrClN2/c1-10-3-2-7-18(10)8-6-14(17)12-5-4-11(15)9-13(12)16/h4-5,9-10,14H,2-3,6-8,17H2,1H3. The van der Waals surface area contributed by atoms with Gasteiger partial charge in [0.15, 0.2) is 0 Å². The SMILES string of the molecule is CC1CCCN1CCC(N)c1ccc(Br)cc1Cl. The lowest BCUT2D eigenvalue weighted by molar-refractivity contribution is 0.258. The average Bonchev–Trinajstić information content (AvgIpc) is 2.72. The number of hydrogen-bond acceptors (Lipinski definition) is 2. The van der Waals surface area contributed by atoms with Crippen molar-refractivity contribution in [3.8, 4) is 0 Å². The van der Waals surface area contributed by atoms with Gasteiger partial charge >= 0.3 is 0 Å². The van der Waals surface area contributed by atoms with Gasteiger partial charge in [-0.1, -0.05) is 33.6 Å². The second-order valence-electron chi connectivity index (χ2n) is 5.09. The lowest BCUT2D eigenvalue weighted by Gasteiger charge is -2.23. The van der Waals surface area contributed by atoms with Crippen molar-refractivity contribution < 1.29 is 0 Å². The van der Waals surface area contributed by atoms with Gasteiger partial charge < -0.3 is 10.6 Å². The van der Waals surface area contributed by atoms with Crippen LogP contribution in [0.1, 0.15) is 37.8 Å². The molecule has 100 valence electrons. The zero-order chi connectivity index (χ0) is 13.1. The lowest BCUT2D eigenvalue weighted by Crippen LogP contribution is -2.30. The summed E-state index contributed by atoms with van der Waals surface area (Å²) in [5.41, 5.74) is 7.29. The van der Waals surface area contributed by atoms with Gasteiger partial charge in [-0.2, -0.15) is 0 Å². The van der Waals surface area contributed by atoms with Crippen LogP contribution < -0.4 is 5.73 Å². The zero-order valence-electron chi connectivity index (χ0n) is 10.7. The summed E-state index contributed by atoms with van der Waals surface area (Å²) >= 11 is 9.64. The third-order valence-corrected chi connectivity index (χ3v) is 4.60. The maximum absolute atomic E-state index is 6.24. The van der Waals surface area contributed by atoms with Gasteiger partial charge in [0.2, 0.25) is 0 Å². The number of nitrogens with zero attached hydrogens (tertiary/aromatic N) is 1. The van der Waals surface area contributed by atoms with Gasteiger partial charge in [-0.05, 0) is 50.4 Å². The molecule has 0 amide bonds. The van der Waals surface area contributed by atoms with E-state index in [1.807, 2.05) is 18.2 Å². The number of halogens is 2. The van der Waals surface area contributed by atoms with Crippen molar-refractivity contribution in [1.82, 2.24) is 4.90 Å². The molecule has 2 unspecified atom stereocenters. The number of likely N-dealkylation sites (tertiary alicyclic amines) is 1. The molecular formula is C14H20BrClN2. The topological polar surface area (TPSA) is 29.3 Å². The normalized spacial score (nSPS) is 22.3. The molecule has 1 aromatic carbocycles. The van der Waals surface area contributed by atoms with E-state index in [2.05, 4.69) is 27.8 Å². The van der Waals surface area contributed by atoms with E-state index in [9.17, 15) is 0 Å². The second kappa shape index (κ2) is 6.38. The minimum Gasteiger partial charge on any atom is -0.324 e. The van der Waals surface area contributed by atoms with Crippen molar-refractivity contribution in [3.63, 3.8) is 0 Å². The Balaban J connectivity index is 1.93. The summed E-state index contributed by atoms with van der Waals surface area (Å²) in [6, 6.07) is 6.66. The van der Waals surface area contributed by atoms with E-state index in [1.54, 1.807) is 0 Å². The largest absolute Gasteiger partial charge is 0.324 e. The van der Waals surface area contributed by atoms with Gasteiger partial charge in [-0.25, -0.2) is 0 Å². The highest BCUT2D eigenvalue weighted by atomic mass is 79.9. The van der Waals surface area contributed by atoms with Gasteiger partial charge in [0.05, 0.1) is 0 Å². The van der Waals surface area contributed by atoms with Crippen LogP contribution in [0, 0.1) is 0 Å². The van der Waals surface area contributed by atoms with Crippen LogP contribution in [0.4, 0.5) is 0 Å². The Hall–Kier alpha value is -0.0900. The van der Waals surface area contributed by atoms with Crippen LogP contribution in [0.3, 0.4) is 0 Å². The summed E-state index contributed by atoms with van der Waals surface area (Å²) < 4.78 is 0.997. The first kappa shape index (κ1) is 14.3. The molecule has 1 heterocycles. The van der Waals surface area contributed by atoms with Gasteiger partial charge in [0.25, 0.3) is 0 Å². The van der Waals surface area contributed by atoms with E-state index in [1.165, 1.54) is 19.4 Å². The third kappa shape index (κ3) is 3.47. The number of nitrogens with two attached hydrogens (primary N) is 1. The molecule has 2 N–H and O–H groups in total. The van der Waals surface area contributed by atoms with E-state index in [0.29, 0.717) is 6.04 Å². The molecule has 0 aromatic heterocycles. The van der Waals surface area contributed by atoms with Crippen LogP contribution in [-0.2, 0) is 0 Å². The predicted octanol–water partition coefficient (Wildman–Crippen LogP) is 3.98.